The van der Waals surface area contributed by atoms with Crippen LogP contribution in [0.1, 0.15) is 17.0 Å². The predicted octanol–water partition coefficient (Wildman–Crippen LogP) is 1.01. The Morgan fingerprint density at radius 2 is 1.93 bits per heavy atom. The molecule has 8 heteroatoms. The topological polar surface area (TPSA) is 82.9 Å². The average Bonchev–Trinajstić information content (AvgIpc) is 3.09. The summed E-state index contributed by atoms with van der Waals surface area (Å²) >= 11 is 0. The van der Waals surface area contributed by atoms with Crippen molar-refractivity contribution in [3.05, 3.63) is 47.5 Å². The van der Waals surface area contributed by atoms with E-state index in [2.05, 4.69) is 4.98 Å². The van der Waals surface area contributed by atoms with Gasteiger partial charge in [0, 0.05) is 20.1 Å². The predicted molar refractivity (Wildman–Crippen MR) is 96.3 cm³/mol. The monoisotopic (exact) mass is 373 g/mol. The maximum absolute atomic E-state index is 12.5. The van der Waals surface area contributed by atoms with E-state index in [0.29, 0.717) is 13.0 Å². The molecule has 144 valence electrons. The van der Waals surface area contributed by atoms with E-state index >= 15 is 0 Å². The zero-order valence-corrected chi connectivity index (χ0v) is 15.7. The van der Waals surface area contributed by atoms with Crippen molar-refractivity contribution in [2.24, 2.45) is 0 Å². The Morgan fingerprint density at radius 1 is 1.19 bits per heavy atom. The third-order valence-electron chi connectivity index (χ3n) is 4.69. The molecule has 1 amide bonds. The van der Waals surface area contributed by atoms with E-state index in [1.807, 2.05) is 28.8 Å². The van der Waals surface area contributed by atoms with Crippen molar-refractivity contribution in [1.82, 2.24) is 14.5 Å². The van der Waals surface area contributed by atoms with Crippen LogP contribution in [0.4, 0.5) is 0 Å². The Balaban J connectivity index is 1.85. The first-order valence-corrected chi connectivity index (χ1v) is 8.59. The Kier molecular flexibility index (Phi) is 5.75. The first-order valence-electron chi connectivity index (χ1n) is 8.59. The third kappa shape index (κ3) is 3.95. The molecule has 2 aromatic rings. The molecular weight excluding hydrogens is 350 g/mol. The lowest BCUT2D eigenvalue weighted by Gasteiger charge is -2.33. The number of esters is 1. The fraction of sp³-hybridized carbons (Fsp3) is 0.421. The van der Waals surface area contributed by atoms with Crippen LogP contribution in [0.3, 0.4) is 0 Å². The van der Waals surface area contributed by atoms with Crippen LogP contribution >= 0.6 is 0 Å². The van der Waals surface area contributed by atoms with Crippen molar-refractivity contribution in [3.8, 4) is 5.75 Å². The van der Waals surface area contributed by atoms with Crippen LogP contribution in [0.25, 0.3) is 0 Å². The van der Waals surface area contributed by atoms with Gasteiger partial charge >= 0.3 is 5.97 Å². The molecule has 0 saturated carbocycles. The first kappa shape index (κ1) is 18.9. The number of benzene rings is 1. The van der Waals surface area contributed by atoms with E-state index in [0.717, 1.165) is 22.7 Å². The summed E-state index contributed by atoms with van der Waals surface area (Å²) in [4.78, 5) is 30.6. The van der Waals surface area contributed by atoms with Crippen LogP contribution < -0.4 is 4.74 Å². The second-order valence-corrected chi connectivity index (χ2v) is 6.31. The lowest BCUT2D eigenvalue weighted by molar-refractivity contribution is -0.155. The number of imidazole rings is 1. The molecule has 1 aromatic carbocycles. The van der Waals surface area contributed by atoms with Gasteiger partial charge in [-0.25, -0.2) is 9.78 Å². The van der Waals surface area contributed by atoms with Crippen molar-refractivity contribution in [2.75, 3.05) is 27.9 Å². The third-order valence-corrected chi connectivity index (χ3v) is 4.69. The second kappa shape index (κ2) is 8.22. The van der Waals surface area contributed by atoms with E-state index in [1.165, 1.54) is 19.1 Å². The number of aromatic nitrogens is 2. The Hall–Kier alpha value is -2.87. The minimum absolute atomic E-state index is 0.0879. The maximum Gasteiger partial charge on any atom is 0.329 e. The van der Waals surface area contributed by atoms with Crippen molar-refractivity contribution in [1.29, 1.82) is 0 Å². The van der Waals surface area contributed by atoms with Gasteiger partial charge < -0.3 is 23.7 Å². The first-order chi connectivity index (χ1) is 13.1. The SMILES string of the molecule is COCC(=O)N1Cc2c(ncn2Cc2ccc(OC)cc2)CC1C(=O)OC. The molecule has 1 unspecified atom stereocenters. The molecular formula is C19H23N3O5. The molecule has 1 aliphatic rings. The summed E-state index contributed by atoms with van der Waals surface area (Å²) in [7, 11) is 4.40. The number of carbonyl (C=O) groups is 2. The zero-order chi connectivity index (χ0) is 19.4. The summed E-state index contributed by atoms with van der Waals surface area (Å²) in [5.74, 6) is 0.0919. The van der Waals surface area contributed by atoms with Crippen LogP contribution in [0.15, 0.2) is 30.6 Å². The number of amides is 1. The van der Waals surface area contributed by atoms with E-state index in [4.69, 9.17) is 14.2 Å². The molecule has 0 N–H and O–H groups in total. The summed E-state index contributed by atoms with van der Waals surface area (Å²) < 4.78 is 17.0. The second-order valence-electron chi connectivity index (χ2n) is 6.31. The zero-order valence-electron chi connectivity index (χ0n) is 15.7. The number of ether oxygens (including phenoxy) is 3. The van der Waals surface area contributed by atoms with Gasteiger partial charge in [0.15, 0.2) is 0 Å². The molecule has 0 bridgehead atoms. The summed E-state index contributed by atoms with van der Waals surface area (Å²) in [6, 6.07) is 7.09. The van der Waals surface area contributed by atoms with E-state index < -0.39 is 12.0 Å². The molecule has 1 aliphatic heterocycles. The smallest absolute Gasteiger partial charge is 0.329 e. The van der Waals surface area contributed by atoms with Gasteiger partial charge in [0.1, 0.15) is 18.4 Å². The van der Waals surface area contributed by atoms with Crippen LogP contribution in [0, 0.1) is 0 Å². The Labute approximate surface area is 157 Å². The summed E-state index contributed by atoms with van der Waals surface area (Å²) in [6.45, 7) is 0.810. The lowest BCUT2D eigenvalue weighted by atomic mass is 10.0. The number of carbonyl (C=O) groups excluding carboxylic acids is 2. The highest BCUT2D eigenvalue weighted by Crippen LogP contribution is 2.25. The minimum atomic E-state index is -0.686. The van der Waals surface area contributed by atoms with Crippen LogP contribution in [0.2, 0.25) is 0 Å². The maximum atomic E-state index is 12.5. The molecule has 0 spiro atoms. The van der Waals surface area contributed by atoms with Crippen LogP contribution in [-0.4, -0.2) is 60.3 Å². The van der Waals surface area contributed by atoms with Crippen LogP contribution in [-0.2, 0) is 38.6 Å². The molecule has 0 radical (unpaired) electrons. The fourth-order valence-corrected chi connectivity index (χ4v) is 3.25. The number of rotatable bonds is 6. The summed E-state index contributed by atoms with van der Waals surface area (Å²) in [6.07, 6.45) is 2.07. The van der Waals surface area contributed by atoms with Gasteiger partial charge in [-0.1, -0.05) is 12.1 Å². The average molecular weight is 373 g/mol. The normalized spacial score (nSPS) is 16.0. The minimum Gasteiger partial charge on any atom is -0.497 e. The Morgan fingerprint density at radius 3 is 2.56 bits per heavy atom. The van der Waals surface area contributed by atoms with Gasteiger partial charge in [-0.15, -0.1) is 0 Å². The lowest BCUT2D eigenvalue weighted by Crippen LogP contribution is -2.50. The summed E-state index contributed by atoms with van der Waals surface area (Å²) in [5.41, 5.74) is 2.80. The number of methoxy groups -OCH3 is 3. The van der Waals surface area contributed by atoms with E-state index in [-0.39, 0.29) is 19.1 Å². The van der Waals surface area contributed by atoms with Crippen molar-refractivity contribution in [2.45, 2.75) is 25.6 Å². The highest BCUT2D eigenvalue weighted by molar-refractivity contribution is 5.85. The number of nitrogens with zero attached hydrogens (tertiary/aromatic N) is 3. The van der Waals surface area contributed by atoms with E-state index in [1.54, 1.807) is 13.4 Å². The van der Waals surface area contributed by atoms with Crippen molar-refractivity contribution >= 4 is 11.9 Å². The van der Waals surface area contributed by atoms with Gasteiger partial charge in [0.2, 0.25) is 5.91 Å². The Bertz CT molecular complexity index is 815. The van der Waals surface area contributed by atoms with Gasteiger partial charge in [0.05, 0.1) is 38.5 Å². The molecule has 1 aromatic heterocycles. The molecule has 1 atom stereocenters. The van der Waals surface area contributed by atoms with Crippen molar-refractivity contribution in [3.63, 3.8) is 0 Å². The highest BCUT2D eigenvalue weighted by Gasteiger charge is 2.37. The quantitative estimate of drug-likeness (QED) is 0.703. The molecule has 2 heterocycles. The number of hydrogen-bond donors (Lipinski definition) is 0. The molecule has 27 heavy (non-hydrogen) atoms. The molecule has 0 aliphatic carbocycles. The van der Waals surface area contributed by atoms with Crippen molar-refractivity contribution < 1.29 is 23.8 Å². The van der Waals surface area contributed by atoms with Gasteiger partial charge in [-0.3, -0.25) is 4.79 Å². The van der Waals surface area contributed by atoms with Gasteiger partial charge in [0.25, 0.3) is 0 Å². The number of fused-ring (bicyclic) bond motifs is 1. The molecule has 8 nitrogen and oxygen atoms in total. The molecule has 0 saturated heterocycles. The fourth-order valence-electron chi connectivity index (χ4n) is 3.25. The summed E-state index contributed by atoms with van der Waals surface area (Å²) in [5, 5.41) is 0. The van der Waals surface area contributed by atoms with E-state index in [9.17, 15) is 9.59 Å². The van der Waals surface area contributed by atoms with Crippen LogP contribution in [0.5, 0.6) is 5.75 Å². The molecule has 3 rings (SSSR count). The van der Waals surface area contributed by atoms with Gasteiger partial charge in [-0.05, 0) is 17.7 Å². The largest absolute Gasteiger partial charge is 0.497 e. The molecule has 0 fully saturated rings. The number of hydrogen-bond acceptors (Lipinski definition) is 6. The van der Waals surface area contributed by atoms with Gasteiger partial charge in [-0.2, -0.15) is 0 Å². The standard InChI is InChI=1S/C19H23N3O5/c1-25-11-18(23)22-10-17-15(8-16(22)19(24)27-3)20-12-21(17)9-13-4-6-14(26-2)7-5-13/h4-7,12,16H,8-11H2,1-3H3. The highest BCUT2D eigenvalue weighted by atomic mass is 16.5.